The molecule has 180 valence electrons. The lowest BCUT2D eigenvalue weighted by atomic mass is 9.82. The van der Waals surface area contributed by atoms with Crippen LogP contribution in [0.2, 0.25) is 0 Å². The number of hydrogen-bond acceptors (Lipinski definition) is 5. The van der Waals surface area contributed by atoms with E-state index in [1.54, 1.807) is 31.3 Å². The molecule has 0 bridgehead atoms. The number of methoxy groups -OCH3 is 1. The maximum Gasteiger partial charge on any atom is 0.337 e. The Balaban J connectivity index is 2.29. The fourth-order valence-electron chi connectivity index (χ4n) is 4.26. The highest BCUT2D eigenvalue weighted by Gasteiger charge is 2.36. The summed E-state index contributed by atoms with van der Waals surface area (Å²) in [4.78, 5) is 19.1. The van der Waals surface area contributed by atoms with Crippen LogP contribution >= 0.6 is 0 Å². The summed E-state index contributed by atoms with van der Waals surface area (Å²) in [7, 11) is 1.42. The molecule has 2 aromatic rings. The normalized spacial score (nSPS) is 17.0. The molecule has 1 aromatic heterocycles. The minimum absolute atomic E-state index is 0.126. The molecular formula is C26H35FN2O4. The summed E-state index contributed by atoms with van der Waals surface area (Å²) in [6.07, 6.45) is 2.26. The van der Waals surface area contributed by atoms with Crippen LogP contribution in [-0.2, 0) is 9.53 Å². The van der Waals surface area contributed by atoms with Crippen molar-refractivity contribution >= 4 is 11.7 Å². The predicted molar refractivity (Wildman–Crippen MR) is 127 cm³/mol. The van der Waals surface area contributed by atoms with Gasteiger partial charge in [0.25, 0.3) is 0 Å². The van der Waals surface area contributed by atoms with E-state index in [0.717, 1.165) is 25.9 Å². The summed E-state index contributed by atoms with van der Waals surface area (Å²) in [5.41, 5.74) is 2.04. The van der Waals surface area contributed by atoms with Gasteiger partial charge < -0.3 is 19.5 Å². The summed E-state index contributed by atoms with van der Waals surface area (Å²) in [5.74, 6) is -1.48. The minimum Gasteiger partial charge on any atom is -0.494 e. The lowest BCUT2D eigenvalue weighted by Crippen LogP contribution is -2.39. The Hall–Kier alpha value is -2.67. The smallest absolute Gasteiger partial charge is 0.337 e. The van der Waals surface area contributed by atoms with E-state index < -0.39 is 23.5 Å². The van der Waals surface area contributed by atoms with Gasteiger partial charge in [0.05, 0.1) is 18.4 Å². The summed E-state index contributed by atoms with van der Waals surface area (Å²) in [6, 6.07) is 4.96. The van der Waals surface area contributed by atoms with Gasteiger partial charge in [0.15, 0.2) is 17.7 Å². The van der Waals surface area contributed by atoms with E-state index in [9.17, 15) is 9.90 Å². The predicted octanol–water partition coefficient (Wildman–Crippen LogP) is 5.77. The van der Waals surface area contributed by atoms with Gasteiger partial charge in [-0.25, -0.2) is 9.18 Å². The first-order valence-corrected chi connectivity index (χ1v) is 11.3. The number of hydrogen-bond donors (Lipinski definition) is 1. The van der Waals surface area contributed by atoms with E-state index in [1.807, 2.05) is 20.8 Å². The van der Waals surface area contributed by atoms with Gasteiger partial charge in [0, 0.05) is 41.7 Å². The second-order valence-electron chi connectivity index (χ2n) is 10.4. The zero-order chi connectivity index (χ0) is 24.6. The highest BCUT2D eigenvalue weighted by atomic mass is 19.1. The van der Waals surface area contributed by atoms with Gasteiger partial charge in [-0.3, -0.25) is 4.98 Å². The van der Waals surface area contributed by atoms with Crippen LogP contribution in [0, 0.1) is 18.2 Å². The molecule has 33 heavy (non-hydrogen) atoms. The van der Waals surface area contributed by atoms with Crippen LogP contribution in [0.3, 0.4) is 0 Å². The SMILES string of the molecule is COc1cccc(-c2cnc(C)c(C(OC(C)(C)C)C(=O)O)c2N2CCC(C)(C)CC2)c1F. The van der Waals surface area contributed by atoms with Crippen molar-refractivity contribution in [3.63, 3.8) is 0 Å². The van der Waals surface area contributed by atoms with Gasteiger partial charge in [-0.05, 0) is 52.0 Å². The molecule has 1 fully saturated rings. The van der Waals surface area contributed by atoms with E-state index in [-0.39, 0.29) is 11.2 Å². The van der Waals surface area contributed by atoms with Crippen LogP contribution in [0.4, 0.5) is 10.1 Å². The molecule has 1 N–H and O–H groups in total. The number of benzene rings is 1. The Morgan fingerprint density at radius 2 is 1.85 bits per heavy atom. The van der Waals surface area contributed by atoms with Crippen LogP contribution in [0.1, 0.15) is 64.8 Å². The number of pyridine rings is 1. The molecule has 1 aromatic carbocycles. The number of anilines is 1. The van der Waals surface area contributed by atoms with E-state index in [4.69, 9.17) is 9.47 Å². The lowest BCUT2D eigenvalue weighted by Gasteiger charge is -2.41. The van der Waals surface area contributed by atoms with Crippen molar-refractivity contribution in [2.45, 2.75) is 66.1 Å². The second-order valence-corrected chi connectivity index (χ2v) is 10.4. The van der Waals surface area contributed by atoms with Gasteiger partial charge in [-0.2, -0.15) is 0 Å². The number of aromatic nitrogens is 1. The minimum atomic E-state index is -1.24. The highest BCUT2D eigenvalue weighted by Crippen LogP contribution is 2.44. The van der Waals surface area contributed by atoms with Crippen LogP contribution in [0.15, 0.2) is 24.4 Å². The van der Waals surface area contributed by atoms with Gasteiger partial charge in [-0.15, -0.1) is 0 Å². The first kappa shape index (κ1) is 25.0. The molecule has 0 aliphatic carbocycles. The number of ether oxygens (including phenoxy) is 2. The van der Waals surface area contributed by atoms with Gasteiger partial charge >= 0.3 is 5.97 Å². The number of nitrogens with zero attached hydrogens (tertiary/aromatic N) is 2. The third kappa shape index (κ3) is 5.46. The molecule has 1 aliphatic heterocycles. The van der Waals surface area contributed by atoms with E-state index >= 15 is 4.39 Å². The van der Waals surface area contributed by atoms with Gasteiger partial charge in [0.2, 0.25) is 0 Å². The Morgan fingerprint density at radius 3 is 2.39 bits per heavy atom. The summed E-state index contributed by atoms with van der Waals surface area (Å²) in [5, 5.41) is 10.2. The maximum atomic E-state index is 15.4. The molecule has 0 saturated carbocycles. The average molecular weight is 459 g/mol. The van der Waals surface area contributed by atoms with Gasteiger partial charge in [0.1, 0.15) is 0 Å². The first-order valence-electron chi connectivity index (χ1n) is 11.3. The van der Waals surface area contributed by atoms with Crippen LogP contribution in [0.25, 0.3) is 11.1 Å². The van der Waals surface area contributed by atoms with Crippen LogP contribution in [0.5, 0.6) is 5.75 Å². The Morgan fingerprint density at radius 1 is 1.21 bits per heavy atom. The number of carbonyl (C=O) groups is 1. The van der Waals surface area contributed by atoms with E-state index in [0.29, 0.717) is 28.1 Å². The molecule has 0 radical (unpaired) electrons. The summed E-state index contributed by atoms with van der Waals surface area (Å²) < 4.78 is 26.6. The Kier molecular flexibility index (Phi) is 7.03. The van der Waals surface area contributed by atoms with Crippen molar-refractivity contribution in [3.05, 3.63) is 41.5 Å². The van der Waals surface area contributed by atoms with E-state index in [1.165, 1.54) is 7.11 Å². The Labute approximate surface area is 195 Å². The van der Waals surface area contributed by atoms with Crippen molar-refractivity contribution in [1.82, 2.24) is 4.98 Å². The zero-order valence-corrected chi connectivity index (χ0v) is 20.7. The standard InChI is InChI=1S/C26H35FN2O4/c1-16-20(23(24(30)31)33-25(2,3)4)22(29-13-11-26(5,6)12-14-29)18(15-28-16)17-9-8-10-19(32-7)21(17)27/h8-10,15,23H,11-14H2,1-7H3,(H,30,31). The fourth-order valence-corrected chi connectivity index (χ4v) is 4.26. The fraction of sp³-hybridized carbons (Fsp3) is 0.538. The molecule has 2 heterocycles. The third-order valence-corrected chi connectivity index (χ3v) is 6.15. The number of carboxylic acid groups (broad SMARTS) is 1. The zero-order valence-electron chi connectivity index (χ0n) is 20.7. The number of aryl methyl sites for hydroxylation is 1. The lowest BCUT2D eigenvalue weighted by molar-refractivity contribution is -0.160. The highest BCUT2D eigenvalue weighted by molar-refractivity contribution is 5.87. The van der Waals surface area contributed by atoms with Crippen molar-refractivity contribution in [1.29, 1.82) is 0 Å². The Bertz CT molecular complexity index is 1020. The molecule has 0 amide bonds. The molecule has 1 saturated heterocycles. The molecule has 6 nitrogen and oxygen atoms in total. The van der Waals surface area contributed by atoms with Crippen molar-refractivity contribution in [2.24, 2.45) is 5.41 Å². The molecule has 1 unspecified atom stereocenters. The number of piperidine rings is 1. The largest absolute Gasteiger partial charge is 0.494 e. The molecule has 1 aliphatic rings. The number of rotatable bonds is 6. The van der Waals surface area contributed by atoms with Crippen molar-refractivity contribution < 1.29 is 23.8 Å². The summed E-state index contributed by atoms with van der Waals surface area (Å²) >= 11 is 0. The second kappa shape index (κ2) is 9.29. The molecule has 3 rings (SSSR count). The average Bonchev–Trinajstić information content (AvgIpc) is 2.72. The number of halogens is 1. The monoisotopic (exact) mass is 458 g/mol. The summed E-state index contributed by atoms with van der Waals surface area (Å²) in [6.45, 7) is 13.2. The molecule has 1 atom stereocenters. The maximum absolute atomic E-state index is 15.4. The molecular weight excluding hydrogens is 423 g/mol. The van der Waals surface area contributed by atoms with Gasteiger partial charge in [-0.1, -0.05) is 26.0 Å². The quantitative estimate of drug-likeness (QED) is 0.592. The van der Waals surface area contributed by atoms with E-state index in [2.05, 4.69) is 23.7 Å². The topological polar surface area (TPSA) is 71.9 Å². The first-order chi connectivity index (χ1) is 15.3. The number of carboxylic acids is 1. The molecule has 7 heteroatoms. The third-order valence-electron chi connectivity index (χ3n) is 6.15. The van der Waals surface area contributed by atoms with Crippen LogP contribution in [-0.4, -0.2) is 41.9 Å². The number of aliphatic carboxylic acids is 1. The van der Waals surface area contributed by atoms with Crippen molar-refractivity contribution in [3.8, 4) is 16.9 Å². The van der Waals surface area contributed by atoms with Crippen LogP contribution < -0.4 is 9.64 Å². The van der Waals surface area contributed by atoms with Crippen molar-refractivity contribution in [2.75, 3.05) is 25.1 Å². The molecule has 0 spiro atoms.